The second-order valence-electron chi connectivity index (χ2n) is 3.80. The molecular weight excluding hydrogens is 234 g/mol. The van der Waals surface area contributed by atoms with Gasteiger partial charge in [0.2, 0.25) is 0 Å². The van der Waals surface area contributed by atoms with Crippen LogP contribution in [0, 0.1) is 0 Å². The Bertz CT molecular complexity index is 131. The summed E-state index contributed by atoms with van der Waals surface area (Å²) >= 11 is 0. The zero-order chi connectivity index (χ0) is 13.3. The summed E-state index contributed by atoms with van der Waals surface area (Å²) in [4.78, 5) is 0. The quantitative estimate of drug-likeness (QED) is 0.448. The Labute approximate surface area is 111 Å². The first-order valence-corrected chi connectivity index (χ1v) is 6.93. The van der Waals surface area contributed by atoms with E-state index >= 15 is 0 Å². The molecule has 0 unspecified atom stereocenters. The fraction of sp³-hybridized carbons (Fsp3) is 1.00. The molecule has 5 heteroatoms. The van der Waals surface area contributed by atoms with E-state index in [2.05, 4.69) is 19.2 Å². The minimum absolute atomic E-state index is 0.615. The van der Waals surface area contributed by atoms with Gasteiger partial charge in [-0.25, -0.2) is 0 Å². The van der Waals surface area contributed by atoms with Gasteiger partial charge < -0.3 is 24.3 Å². The van der Waals surface area contributed by atoms with Crippen molar-refractivity contribution in [1.82, 2.24) is 5.32 Å². The van der Waals surface area contributed by atoms with E-state index in [0.717, 1.165) is 32.7 Å². The highest BCUT2D eigenvalue weighted by atomic mass is 16.6. The van der Waals surface area contributed by atoms with Gasteiger partial charge in [0.05, 0.1) is 46.2 Å². The molecule has 0 saturated heterocycles. The third-order valence-corrected chi connectivity index (χ3v) is 2.14. The van der Waals surface area contributed by atoms with Gasteiger partial charge in [-0.1, -0.05) is 13.8 Å². The van der Waals surface area contributed by atoms with Crippen LogP contribution in [0.25, 0.3) is 0 Å². The molecule has 0 fully saturated rings. The van der Waals surface area contributed by atoms with Crippen LogP contribution in [0.15, 0.2) is 0 Å². The molecule has 1 N–H and O–H groups in total. The van der Waals surface area contributed by atoms with Crippen LogP contribution in [0.5, 0.6) is 0 Å². The van der Waals surface area contributed by atoms with E-state index in [1.807, 2.05) is 0 Å². The average Bonchev–Trinajstić information content (AvgIpc) is 2.39. The van der Waals surface area contributed by atoms with Crippen LogP contribution in [0.2, 0.25) is 0 Å². The molecule has 0 aromatic rings. The van der Waals surface area contributed by atoms with Gasteiger partial charge in [-0.15, -0.1) is 0 Å². The Morgan fingerprint density at radius 1 is 0.611 bits per heavy atom. The summed E-state index contributed by atoms with van der Waals surface area (Å²) in [6.45, 7) is 11.4. The first-order valence-electron chi connectivity index (χ1n) is 6.93. The lowest BCUT2D eigenvalue weighted by atomic mass is 10.5. The predicted molar refractivity (Wildman–Crippen MR) is 72.1 cm³/mol. The summed E-state index contributed by atoms with van der Waals surface area (Å²) in [6, 6.07) is 0. The average molecular weight is 263 g/mol. The Morgan fingerprint density at radius 3 is 1.50 bits per heavy atom. The number of nitrogens with one attached hydrogen (secondary N) is 1. The Hall–Kier alpha value is -0.200. The highest BCUT2D eigenvalue weighted by Crippen LogP contribution is 1.83. The van der Waals surface area contributed by atoms with Crippen LogP contribution in [-0.2, 0) is 18.9 Å². The second kappa shape index (κ2) is 16.8. The van der Waals surface area contributed by atoms with Crippen molar-refractivity contribution in [2.45, 2.75) is 20.3 Å². The largest absolute Gasteiger partial charge is 0.379 e. The molecule has 5 nitrogen and oxygen atoms in total. The standard InChI is InChI=1S/C13H29NO4/c1-3-6-15-8-10-17-12-13-18-11-9-16-7-5-14-4-2/h14H,3-13H2,1-2H3. The van der Waals surface area contributed by atoms with Gasteiger partial charge in [-0.05, 0) is 13.0 Å². The van der Waals surface area contributed by atoms with Gasteiger partial charge in [0.1, 0.15) is 0 Å². The predicted octanol–water partition coefficient (Wildman–Crippen LogP) is 1.07. The normalized spacial score (nSPS) is 11.0. The van der Waals surface area contributed by atoms with Crippen molar-refractivity contribution in [1.29, 1.82) is 0 Å². The van der Waals surface area contributed by atoms with E-state index in [-0.39, 0.29) is 0 Å². The van der Waals surface area contributed by atoms with Gasteiger partial charge in [-0.2, -0.15) is 0 Å². The summed E-state index contributed by atoms with van der Waals surface area (Å²) < 4.78 is 21.3. The lowest BCUT2D eigenvalue weighted by Crippen LogP contribution is -2.20. The summed E-state index contributed by atoms with van der Waals surface area (Å²) in [6.07, 6.45) is 1.05. The fourth-order valence-corrected chi connectivity index (χ4v) is 1.23. The van der Waals surface area contributed by atoms with Crippen molar-refractivity contribution < 1.29 is 18.9 Å². The molecule has 0 saturated carbocycles. The minimum atomic E-state index is 0.615. The zero-order valence-corrected chi connectivity index (χ0v) is 11.9. The van der Waals surface area contributed by atoms with Crippen LogP contribution < -0.4 is 5.32 Å². The number of likely N-dealkylation sites (N-methyl/N-ethyl adjacent to an activating group) is 1. The van der Waals surface area contributed by atoms with E-state index in [1.165, 1.54) is 0 Å². The van der Waals surface area contributed by atoms with Crippen molar-refractivity contribution in [2.75, 3.05) is 65.9 Å². The van der Waals surface area contributed by atoms with Crippen molar-refractivity contribution in [3.05, 3.63) is 0 Å². The van der Waals surface area contributed by atoms with Crippen LogP contribution in [0.3, 0.4) is 0 Å². The van der Waals surface area contributed by atoms with E-state index in [9.17, 15) is 0 Å². The van der Waals surface area contributed by atoms with Gasteiger partial charge in [0.25, 0.3) is 0 Å². The molecule has 0 amide bonds. The minimum Gasteiger partial charge on any atom is -0.379 e. The molecule has 0 aromatic carbocycles. The monoisotopic (exact) mass is 263 g/mol. The third kappa shape index (κ3) is 15.8. The van der Waals surface area contributed by atoms with E-state index in [1.54, 1.807) is 0 Å². The SMILES string of the molecule is CCCOCCOCCOCCOCCNCC. The molecular formula is C13H29NO4. The third-order valence-electron chi connectivity index (χ3n) is 2.14. The van der Waals surface area contributed by atoms with Gasteiger partial charge in [0.15, 0.2) is 0 Å². The Kier molecular flexibility index (Phi) is 16.6. The topological polar surface area (TPSA) is 49.0 Å². The maximum absolute atomic E-state index is 5.36. The molecule has 0 radical (unpaired) electrons. The van der Waals surface area contributed by atoms with Crippen molar-refractivity contribution >= 4 is 0 Å². The summed E-state index contributed by atoms with van der Waals surface area (Å²) in [5.41, 5.74) is 0. The summed E-state index contributed by atoms with van der Waals surface area (Å²) in [5.74, 6) is 0. The molecule has 0 aliphatic heterocycles. The molecule has 0 aromatic heterocycles. The van der Waals surface area contributed by atoms with Crippen molar-refractivity contribution in [3.63, 3.8) is 0 Å². The summed E-state index contributed by atoms with van der Waals surface area (Å²) in [7, 11) is 0. The molecule has 0 heterocycles. The number of hydrogen-bond donors (Lipinski definition) is 1. The highest BCUT2D eigenvalue weighted by Gasteiger charge is 1.92. The first kappa shape index (κ1) is 17.8. The molecule has 0 bridgehead atoms. The molecule has 18 heavy (non-hydrogen) atoms. The number of ether oxygens (including phenoxy) is 4. The van der Waals surface area contributed by atoms with Gasteiger partial charge >= 0.3 is 0 Å². The molecule has 110 valence electrons. The number of hydrogen-bond acceptors (Lipinski definition) is 5. The Balaban J connectivity index is 2.86. The van der Waals surface area contributed by atoms with E-state index in [0.29, 0.717) is 39.6 Å². The van der Waals surface area contributed by atoms with Crippen molar-refractivity contribution in [2.24, 2.45) is 0 Å². The van der Waals surface area contributed by atoms with Crippen LogP contribution in [-0.4, -0.2) is 65.9 Å². The Morgan fingerprint density at radius 2 is 1.06 bits per heavy atom. The van der Waals surface area contributed by atoms with Crippen LogP contribution in [0.1, 0.15) is 20.3 Å². The summed E-state index contributed by atoms with van der Waals surface area (Å²) in [5, 5.41) is 3.19. The molecule has 0 spiro atoms. The maximum Gasteiger partial charge on any atom is 0.0701 e. The first-order chi connectivity index (χ1) is 8.91. The van der Waals surface area contributed by atoms with Crippen LogP contribution in [0.4, 0.5) is 0 Å². The van der Waals surface area contributed by atoms with Crippen LogP contribution >= 0.6 is 0 Å². The lowest BCUT2D eigenvalue weighted by molar-refractivity contribution is -0.00133. The molecule has 0 aliphatic carbocycles. The highest BCUT2D eigenvalue weighted by molar-refractivity contribution is 4.40. The number of rotatable bonds is 15. The lowest BCUT2D eigenvalue weighted by Gasteiger charge is -2.07. The smallest absolute Gasteiger partial charge is 0.0701 e. The van der Waals surface area contributed by atoms with Gasteiger partial charge in [-0.3, -0.25) is 0 Å². The maximum atomic E-state index is 5.36. The molecule has 0 atom stereocenters. The van der Waals surface area contributed by atoms with E-state index < -0.39 is 0 Å². The molecule has 0 aliphatic rings. The zero-order valence-electron chi connectivity index (χ0n) is 11.9. The fourth-order valence-electron chi connectivity index (χ4n) is 1.23. The van der Waals surface area contributed by atoms with Crippen molar-refractivity contribution in [3.8, 4) is 0 Å². The second-order valence-corrected chi connectivity index (χ2v) is 3.80. The van der Waals surface area contributed by atoms with E-state index in [4.69, 9.17) is 18.9 Å². The van der Waals surface area contributed by atoms with Gasteiger partial charge in [0, 0.05) is 13.2 Å². The molecule has 0 rings (SSSR count).